The third kappa shape index (κ3) is 5.14. The van der Waals surface area contributed by atoms with Crippen molar-refractivity contribution in [2.24, 2.45) is 11.8 Å². The van der Waals surface area contributed by atoms with Gasteiger partial charge in [0.2, 0.25) is 5.91 Å². The van der Waals surface area contributed by atoms with Crippen LogP contribution in [0.15, 0.2) is 66.5 Å². The number of rotatable bonds is 5. The molecule has 0 bridgehead atoms. The molecule has 5 nitrogen and oxygen atoms in total. The minimum absolute atomic E-state index is 0.0597. The molecule has 0 saturated carbocycles. The van der Waals surface area contributed by atoms with Crippen LogP contribution in [0.5, 0.6) is 5.75 Å². The number of methoxy groups -OCH3 is 1. The molecule has 0 heterocycles. The summed E-state index contributed by atoms with van der Waals surface area (Å²) in [5.74, 6) is -0.271. The van der Waals surface area contributed by atoms with Crippen LogP contribution in [-0.2, 0) is 9.53 Å². The molecular formula is C22H21F3N2O3. The van der Waals surface area contributed by atoms with Crippen LogP contribution in [-0.4, -0.2) is 19.4 Å². The van der Waals surface area contributed by atoms with Gasteiger partial charge in [0.15, 0.2) is 0 Å². The summed E-state index contributed by atoms with van der Waals surface area (Å²) in [6.07, 6.45) is 0.644. The van der Waals surface area contributed by atoms with E-state index in [0.717, 1.165) is 0 Å². The average Bonchev–Trinajstić information content (AvgIpc) is 2.69. The molecule has 8 heteroatoms. The number of hydrogen-bond donors (Lipinski definition) is 2. The fourth-order valence-electron chi connectivity index (χ4n) is 3.16. The van der Waals surface area contributed by atoms with Crippen LogP contribution in [0, 0.1) is 11.8 Å². The molecule has 2 unspecified atom stereocenters. The average molecular weight is 418 g/mol. The van der Waals surface area contributed by atoms with Gasteiger partial charge in [0.25, 0.3) is 0 Å². The van der Waals surface area contributed by atoms with Gasteiger partial charge in [0, 0.05) is 0 Å². The summed E-state index contributed by atoms with van der Waals surface area (Å²) in [5, 5.41) is 2.84. The molecule has 2 atom stereocenters. The summed E-state index contributed by atoms with van der Waals surface area (Å²) in [7, 11) is 1.57. The predicted octanol–water partition coefficient (Wildman–Crippen LogP) is 5.13. The van der Waals surface area contributed by atoms with Gasteiger partial charge >= 0.3 is 6.36 Å². The zero-order chi connectivity index (χ0) is 21.9. The largest absolute Gasteiger partial charge is 0.573 e. The molecule has 1 amide bonds. The van der Waals surface area contributed by atoms with Gasteiger partial charge in [0.05, 0.1) is 24.4 Å². The third-order valence-corrected chi connectivity index (χ3v) is 4.73. The van der Waals surface area contributed by atoms with Crippen LogP contribution in [0.2, 0.25) is 0 Å². The van der Waals surface area contributed by atoms with Crippen LogP contribution < -0.4 is 15.8 Å². The number of hydrogen-bond acceptors (Lipinski definition) is 4. The molecule has 1 aliphatic carbocycles. The maximum atomic E-state index is 12.7. The Balaban J connectivity index is 1.76. The van der Waals surface area contributed by atoms with E-state index in [2.05, 4.69) is 10.1 Å². The maximum Gasteiger partial charge on any atom is 0.573 e. The molecule has 3 N–H and O–H groups in total. The van der Waals surface area contributed by atoms with Crippen molar-refractivity contribution in [3.63, 3.8) is 0 Å². The lowest BCUT2D eigenvalue weighted by atomic mass is 9.88. The quantitative estimate of drug-likeness (QED) is 0.661. The zero-order valence-electron chi connectivity index (χ0n) is 16.4. The van der Waals surface area contributed by atoms with E-state index in [-0.39, 0.29) is 23.5 Å². The fourth-order valence-corrected chi connectivity index (χ4v) is 3.16. The Morgan fingerprint density at radius 3 is 2.37 bits per heavy atom. The van der Waals surface area contributed by atoms with E-state index >= 15 is 0 Å². The molecule has 0 fully saturated rings. The highest BCUT2D eigenvalue weighted by Crippen LogP contribution is 2.31. The summed E-state index contributed by atoms with van der Waals surface area (Å²) in [6.45, 7) is 1.91. The van der Waals surface area contributed by atoms with Gasteiger partial charge in [-0.05, 0) is 53.5 Å². The lowest BCUT2D eigenvalue weighted by Gasteiger charge is -2.22. The monoisotopic (exact) mass is 418 g/mol. The highest BCUT2D eigenvalue weighted by atomic mass is 19.4. The van der Waals surface area contributed by atoms with Crippen LogP contribution in [0.4, 0.5) is 24.5 Å². The van der Waals surface area contributed by atoms with E-state index in [9.17, 15) is 18.0 Å². The Kier molecular flexibility index (Phi) is 6.05. The zero-order valence-corrected chi connectivity index (χ0v) is 16.4. The molecule has 30 heavy (non-hydrogen) atoms. The maximum absolute atomic E-state index is 12.7. The van der Waals surface area contributed by atoms with Crippen molar-refractivity contribution >= 4 is 17.3 Å². The Labute approximate surface area is 172 Å². The highest BCUT2D eigenvalue weighted by Gasteiger charge is 2.31. The Morgan fingerprint density at radius 2 is 1.77 bits per heavy atom. The molecular weight excluding hydrogens is 397 g/mol. The molecule has 1 aliphatic rings. The first-order valence-corrected chi connectivity index (χ1v) is 9.17. The van der Waals surface area contributed by atoms with Crippen LogP contribution in [0.1, 0.15) is 6.92 Å². The number of ether oxygens (including phenoxy) is 2. The second-order valence-corrected chi connectivity index (χ2v) is 6.88. The van der Waals surface area contributed by atoms with Gasteiger partial charge in [0.1, 0.15) is 11.5 Å². The van der Waals surface area contributed by atoms with Gasteiger partial charge in [-0.3, -0.25) is 4.79 Å². The van der Waals surface area contributed by atoms with Crippen molar-refractivity contribution in [1.29, 1.82) is 0 Å². The fraction of sp³-hybridized carbons (Fsp3) is 0.227. The normalized spacial score (nSPS) is 18.5. The van der Waals surface area contributed by atoms with Gasteiger partial charge in [-0.1, -0.05) is 31.2 Å². The van der Waals surface area contributed by atoms with E-state index in [0.29, 0.717) is 28.3 Å². The number of carbonyl (C=O) groups is 1. The molecule has 0 aliphatic heterocycles. The van der Waals surface area contributed by atoms with E-state index in [4.69, 9.17) is 10.5 Å². The van der Waals surface area contributed by atoms with Gasteiger partial charge < -0.3 is 20.5 Å². The Hall–Kier alpha value is -3.42. The van der Waals surface area contributed by atoms with E-state index in [1.54, 1.807) is 37.5 Å². The summed E-state index contributed by atoms with van der Waals surface area (Å²) in [6, 6.07) is 10.5. The number of allylic oxidation sites excluding steroid dienone is 2. The number of carbonyl (C=O) groups excluding carboxylic acids is 1. The Bertz CT molecular complexity index is 982. The molecule has 2 aromatic carbocycles. The number of benzene rings is 2. The van der Waals surface area contributed by atoms with E-state index in [1.165, 1.54) is 24.3 Å². The third-order valence-electron chi connectivity index (χ3n) is 4.73. The number of nitrogens with one attached hydrogen (secondary N) is 1. The smallest absolute Gasteiger partial charge is 0.497 e. The van der Waals surface area contributed by atoms with Gasteiger partial charge in [-0.25, -0.2) is 0 Å². The van der Waals surface area contributed by atoms with Crippen molar-refractivity contribution in [1.82, 2.24) is 0 Å². The number of alkyl halides is 3. The minimum atomic E-state index is -4.75. The van der Waals surface area contributed by atoms with Crippen molar-refractivity contribution < 1.29 is 27.4 Å². The Morgan fingerprint density at radius 1 is 1.10 bits per heavy atom. The molecule has 0 radical (unpaired) electrons. The molecule has 3 rings (SSSR count). The number of nitrogen functional groups attached to an aromatic ring is 1. The van der Waals surface area contributed by atoms with Crippen LogP contribution in [0.25, 0.3) is 11.1 Å². The molecule has 0 aromatic heterocycles. The summed E-state index contributed by atoms with van der Waals surface area (Å²) in [5.41, 5.74) is 8.15. The van der Waals surface area contributed by atoms with Crippen LogP contribution >= 0.6 is 0 Å². The predicted molar refractivity (Wildman–Crippen MR) is 108 cm³/mol. The van der Waals surface area contributed by atoms with Crippen LogP contribution in [0.3, 0.4) is 0 Å². The first-order chi connectivity index (χ1) is 14.2. The second kappa shape index (κ2) is 8.52. The summed E-state index contributed by atoms with van der Waals surface area (Å²) >= 11 is 0. The summed E-state index contributed by atoms with van der Waals surface area (Å²) < 4.78 is 46.0. The van der Waals surface area contributed by atoms with Crippen molar-refractivity contribution in [3.8, 4) is 16.9 Å². The lowest BCUT2D eigenvalue weighted by molar-refractivity contribution is -0.274. The number of nitrogens with two attached hydrogens (primary N) is 1. The number of amides is 1. The standard InChI is InChI=1S/C22H21F3N2O3/c1-13-11-17(29-2)8-9-18(13)21(28)27-20-12-15(5-10-19(20)26)14-3-6-16(7-4-14)30-22(23,24)25/h3-13,18H,26H2,1-2H3,(H,27,28). The number of anilines is 2. The number of halogens is 3. The van der Waals surface area contributed by atoms with Gasteiger partial charge in [-0.2, -0.15) is 0 Å². The SMILES string of the molecule is COC1=CC(C)C(C(=O)Nc2cc(-c3ccc(OC(F)(F)F)cc3)ccc2N)C=C1. The van der Waals surface area contributed by atoms with Gasteiger partial charge in [-0.15, -0.1) is 13.2 Å². The summed E-state index contributed by atoms with van der Waals surface area (Å²) in [4.78, 5) is 12.7. The van der Waals surface area contributed by atoms with E-state index in [1.807, 2.05) is 13.0 Å². The van der Waals surface area contributed by atoms with Crippen molar-refractivity contribution in [3.05, 3.63) is 66.5 Å². The molecule has 2 aromatic rings. The molecule has 0 saturated heterocycles. The minimum Gasteiger partial charge on any atom is -0.497 e. The second-order valence-electron chi connectivity index (χ2n) is 6.88. The van der Waals surface area contributed by atoms with E-state index < -0.39 is 6.36 Å². The molecule has 158 valence electrons. The first kappa shape index (κ1) is 21.3. The van der Waals surface area contributed by atoms with Crippen molar-refractivity contribution in [2.75, 3.05) is 18.2 Å². The first-order valence-electron chi connectivity index (χ1n) is 9.17. The van der Waals surface area contributed by atoms with Crippen molar-refractivity contribution in [2.45, 2.75) is 13.3 Å². The topological polar surface area (TPSA) is 73.6 Å². The highest BCUT2D eigenvalue weighted by molar-refractivity contribution is 5.97. The molecule has 0 spiro atoms. The lowest BCUT2D eigenvalue weighted by Crippen LogP contribution is -2.27.